The molecule has 142 valence electrons. The van der Waals surface area contributed by atoms with Crippen molar-refractivity contribution in [2.45, 2.75) is 19.0 Å². The van der Waals surface area contributed by atoms with E-state index in [1.165, 1.54) is 18.5 Å². The molecule has 2 aromatic carbocycles. The standard InChI is InChI=1S/C22H21FN4O/c1-25-18-7-8-27(13-18)12-17-3-2-4-19(22(17)21-11-26-14-28-21)15-5-6-16(10-24)20(23)9-15/h2-6,9,11,14,18,25H,7-8,12-13H2,1H3. The summed E-state index contributed by atoms with van der Waals surface area (Å²) in [4.78, 5) is 6.47. The minimum atomic E-state index is -0.523. The van der Waals surface area contributed by atoms with Gasteiger partial charge in [-0.05, 0) is 42.3 Å². The zero-order chi connectivity index (χ0) is 19.5. The lowest BCUT2D eigenvalue weighted by atomic mass is 9.93. The van der Waals surface area contributed by atoms with Crippen molar-refractivity contribution in [2.75, 3.05) is 20.1 Å². The van der Waals surface area contributed by atoms with Crippen molar-refractivity contribution >= 4 is 0 Å². The highest BCUT2D eigenvalue weighted by atomic mass is 19.1. The predicted molar refractivity (Wildman–Crippen MR) is 105 cm³/mol. The van der Waals surface area contributed by atoms with Crippen LogP contribution in [-0.2, 0) is 6.54 Å². The van der Waals surface area contributed by atoms with E-state index < -0.39 is 5.82 Å². The van der Waals surface area contributed by atoms with Crippen LogP contribution in [-0.4, -0.2) is 36.1 Å². The van der Waals surface area contributed by atoms with Crippen LogP contribution in [0.15, 0.2) is 53.4 Å². The topological polar surface area (TPSA) is 65.1 Å². The summed E-state index contributed by atoms with van der Waals surface area (Å²) in [6.07, 6.45) is 4.21. The number of aromatic nitrogens is 1. The third-order valence-corrected chi connectivity index (χ3v) is 5.30. The molecule has 1 saturated heterocycles. The van der Waals surface area contributed by atoms with Crippen LogP contribution < -0.4 is 5.32 Å². The summed E-state index contributed by atoms with van der Waals surface area (Å²) in [6, 6.07) is 13.1. The van der Waals surface area contributed by atoms with Crippen LogP contribution in [0.4, 0.5) is 4.39 Å². The fourth-order valence-corrected chi connectivity index (χ4v) is 3.83. The molecule has 0 spiro atoms. The lowest BCUT2D eigenvalue weighted by Crippen LogP contribution is -2.29. The monoisotopic (exact) mass is 376 g/mol. The molecule has 4 rings (SSSR count). The lowest BCUT2D eigenvalue weighted by Gasteiger charge is -2.20. The van der Waals surface area contributed by atoms with Crippen molar-refractivity contribution in [3.63, 3.8) is 0 Å². The van der Waals surface area contributed by atoms with Crippen LogP contribution in [0.2, 0.25) is 0 Å². The van der Waals surface area contributed by atoms with Crippen LogP contribution >= 0.6 is 0 Å². The zero-order valence-electron chi connectivity index (χ0n) is 15.7. The molecule has 0 amide bonds. The average molecular weight is 376 g/mol. The van der Waals surface area contributed by atoms with Gasteiger partial charge in [-0.3, -0.25) is 4.90 Å². The van der Waals surface area contributed by atoms with Gasteiger partial charge in [0.25, 0.3) is 0 Å². The normalized spacial score (nSPS) is 17.0. The van der Waals surface area contributed by atoms with Crippen molar-refractivity contribution < 1.29 is 8.81 Å². The quantitative estimate of drug-likeness (QED) is 0.733. The van der Waals surface area contributed by atoms with Crippen LogP contribution in [0.3, 0.4) is 0 Å². The molecule has 1 aliphatic heterocycles. The first-order valence-electron chi connectivity index (χ1n) is 9.30. The minimum Gasteiger partial charge on any atom is -0.443 e. The highest BCUT2D eigenvalue weighted by Crippen LogP contribution is 2.36. The first kappa shape index (κ1) is 18.4. The number of benzene rings is 2. The summed E-state index contributed by atoms with van der Waals surface area (Å²) in [5.74, 6) is 0.130. The van der Waals surface area contributed by atoms with E-state index in [0.717, 1.165) is 42.7 Å². The van der Waals surface area contributed by atoms with Crippen LogP contribution in [0.25, 0.3) is 22.5 Å². The summed E-state index contributed by atoms with van der Waals surface area (Å²) in [5, 5.41) is 12.3. The molecular weight excluding hydrogens is 355 g/mol. The van der Waals surface area contributed by atoms with Gasteiger partial charge >= 0.3 is 0 Å². The van der Waals surface area contributed by atoms with E-state index in [2.05, 4.69) is 21.3 Å². The molecule has 0 radical (unpaired) electrons. The molecule has 0 saturated carbocycles. The van der Waals surface area contributed by atoms with Gasteiger partial charge in [-0.25, -0.2) is 9.37 Å². The number of nitrogens with zero attached hydrogens (tertiary/aromatic N) is 3. The summed E-state index contributed by atoms with van der Waals surface area (Å²) in [5.41, 5.74) is 3.63. The highest BCUT2D eigenvalue weighted by Gasteiger charge is 2.23. The van der Waals surface area contributed by atoms with Crippen LogP contribution in [0, 0.1) is 17.1 Å². The average Bonchev–Trinajstić information content (AvgIpc) is 3.39. The summed E-state index contributed by atoms with van der Waals surface area (Å²) in [7, 11) is 1.99. The molecule has 0 bridgehead atoms. The van der Waals surface area contributed by atoms with Gasteiger partial charge in [0, 0.05) is 31.2 Å². The van der Waals surface area contributed by atoms with Crippen molar-refractivity contribution in [1.29, 1.82) is 5.26 Å². The number of oxazole rings is 1. The van der Waals surface area contributed by atoms with Crippen molar-refractivity contribution in [3.8, 4) is 28.5 Å². The first-order chi connectivity index (χ1) is 13.7. The Balaban J connectivity index is 1.77. The van der Waals surface area contributed by atoms with Gasteiger partial charge in [0.05, 0.1) is 11.8 Å². The van der Waals surface area contributed by atoms with Gasteiger partial charge in [-0.1, -0.05) is 24.3 Å². The number of rotatable bonds is 5. The van der Waals surface area contributed by atoms with Crippen LogP contribution in [0.1, 0.15) is 17.5 Å². The van der Waals surface area contributed by atoms with E-state index in [1.54, 1.807) is 12.3 Å². The highest BCUT2D eigenvalue weighted by molar-refractivity contribution is 5.83. The van der Waals surface area contributed by atoms with Crippen molar-refractivity contribution in [2.24, 2.45) is 0 Å². The number of halogens is 1. The largest absolute Gasteiger partial charge is 0.443 e. The van der Waals surface area contributed by atoms with Gasteiger partial charge in [0.1, 0.15) is 11.9 Å². The SMILES string of the molecule is CNC1CCN(Cc2cccc(-c3ccc(C#N)c(F)c3)c2-c2cnco2)C1. The molecule has 2 heterocycles. The molecular formula is C22H21FN4O. The maximum atomic E-state index is 14.2. The third-order valence-electron chi connectivity index (χ3n) is 5.30. The second-order valence-corrected chi connectivity index (χ2v) is 7.02. The number of nitriles is 1. The summed E-state index contributed by atoms with van der Waals surface area (Å²) < 4.78 is 19.9. The van der Waals surface area contributed by atoms with E-state index in [0.29, 0.717) is 17.4 Å². The van der Waals surface area contributed by atoms with E-state index in [4.69, 9.17) is 9.68 Å². The van der Waals surface area contributed by atoms with Gasteiger partial charge in [-0.2, -0.15) is 5.26 Å². The van der Waals surface area contributed by atoms with Gasteiger partial charge in [0.15, 0.2) is 12.2 Å². The number of likely N-dealkylation sites (N-methyl/N-ethyl adjacent to an activating group) is 1. The fraction of sp³-hybridized carbons (Fsp3) is 0.273. The maximum absolute atomic E-state index is 14.2. The Morgan fingerprint density at radius 1 is 1.36 bits per heavy atom. The number of likely N-dealkylation sites (tertiary alicyclic amines) is 1. The number of nitrogens with one attached hydrogen (secondary N) is 1. The molecule has 1 atom stereocenters. The van der Waals surface area contributed by atoms with Gasteiger partial charge < -0.3 is 9.73 Å². The smallest absolute Gasteiger partial charge is 0.181 e. The summed E-state index contributed by atoms with van der Waals surface area (Å²) in [6.45, 7) is 2.79. The Kier molecular flexibility index (Phi) is 5.20. The van der Waals surface area contributed by atoms with E-state index in [1.807, 2.05) is 25.2 Å². The molecule has 3 aromatic rings. The van der Waals surface area contributed by atoms with E-state index in [9.17, 15) is 4.39 Å². The maximum Gasteiger partial charge on any atom is 0.181 e. The van der Waals surface area contributed by atoms with E-state index in [-0.39, 0.29) is 5.56 Å². The third kappa shape index (κ3) is 3.55. The van der Waals surface area contributed by atoms with Gasteiger partial charge in [0.2, 0.25) is 0 Å². The van der Waals surface area contributed by atoms with Gasteiger partial charge in [-0.15, -0.1) is 0 Å². The van der Waals surface area contributed by atoms with Crippen LogP contribution in [0.5, 0.6) is 0 Å². The number of hydrogen-bond acceptors (Lipinski definition) is 5. The van der Waals surface area contributed by atoms with Crippen molar-refractivity contribution in [3.05, 3.63) is 65.9 Å². The Labute approximate surface area is 163 Å². The molecule has 5 nitrogen and oxygen atoms in total. The first-order valence-corrected chi connectivity index (χ1v) is 9.30. The molecule has 1 fully saturated rings. The van der Waals surface area contributed by atoms with E-state index >= 15 is 0 Å². The Hall–Kier alpha value is -3.01. The number of hydrogen-bond donors (Lipinski definition) is 1. The fourth-order valence-electron chi connectivity index (χ4n) is 3.83. The molecule has 1 aromatic heterocycles. The molecule has 0 aliphatic carbocycles. The second kappa shape index (κ2) is 7.93. The summed E-state index contributed by atoms with van der Waals surface area (Å²) >= 11 is 0. The second-order valence-electron chi connectivity index (χ2n) is 7.02. The molecule has 6 heteroatoms. The Morgan fingerprint density at radius 2 is 2.25 bits per heavy atom. The molecule has 1 unspecified atom stereocenters. The molecule has 28 heavy (non-hydrogen) atoms. The minimum absolute atomic E-state index is 0.0382. The Bertz CT molecular complexity index is 1010. The molecule has 1 N–H and O–H groups in total. The molecule has 1 aliphatic rings. The predicted octanol–water partition coefficient (Wildman–Crippen LogP) is 3.81. The zero-order valence-corrected chi connectivity index (χ0v) is 15.7. The Morgan fingerprint density at radius 3 is 2.93 bits per heavy atom. The lowest BCUT2D eigenvalue weighted by molar-refractivity contribution is 0.322. The van der Waals surface area contributed by atoms with Crippen molar-refractivity contribution in [1.82, 2.24) is 15.2 Å².